The highest BCUT2D eigenvalue weighted by Crippen LogP contribution is 2.24. The molecule has 0 aliphatic heterocycles. The second-order valence-corrected chi connectivity index (χ2v) is 4.52. The van der Waals surface area contributed by atoms with Crippen molar-refractivity contribution in [3.63, 3.8) is 0 Å². The van der Waals surface area contributed by atoms with E-state index in [-0.39, 0.29) is 11.0 Å². The zero-order valence-electron chi connectivity index (χ0n) is 10.2. The van der Waals surface area contributed by atoms with E-state index in [1.54, 1.807) is 17.8 Å². The van der Waals surface area contributed by atoms with Crippen molar-refractivity contribution in [2.24, 2.45) is 7.05 Å². The number of rotatable bonds is 1. The summed E-state index contributed by atoms with van der Waals surface area (Å²) in [4.78, 5) is 16.1. The summed E-state index contributed by atoms with van der Waals surface area (Å²) < 4.78 is 15.5. The fourth-order valence-electron chi connectivity index (χ4n) is 1.89. The van der Waals surface area contributed by atoms with Gasteiger partial charge >= 0.3 is 0 Å². The van der Waals surface area contributed by atoms with Crippen molar-refractivity contribution in [2.75, 3.05) is 0 Å². The fourth-order valence-corrected chi connectivity index (χ4v) is 2.02. The van der Waals surface area contributed by atoms with Crippen molar-refractivity contribution >= 4 is 22.8 Å². The average Bonchev–Trinajstić information content (AvgIpc) is 2.69. The zero-order valence-corrected chi connectivity index (χ0v) is 11.0. The third-order valence-corrected chi connectivity index (χ3v) is 2.95. The lowest BCUT2D eigenvalue weighted by atomic mass is 10.3. The number of nitrogens with zero attached hydrogens (tertiary/aromatic N) is 5. The Morgan fingerprint density at radius 2 is 2.00 bits per heavy atom. The van der Waals surface area contributed by atoms with Gasteiger partial charge in [0.1, 0.15) is 11.2 Å². The minimum atomic E-state index is -0.570. The van der Waals surface area contributed by atoms with Gasteiger partial charge in [-0.2, -0.15) is 0 Å². The largest absolute Gasteiger partial charge is 0.310 e. The van der Waals surface area contributed by atoms with E-state index in [4.69, 9.17) is 11.6 Å². The van der Waals surface area contributed by atoms with Crippen molar-refractivity contribution in [2.45, 2.75) is 6.92 Å². The molecule has 0 saturated heterocycles. The number of pyridine rings is 1. The van der Waals surface area contributed by atoms with E-state index in [1.165, 1.54) is 0 Å². The quantitative estimate of drug-likeness (QED) is 0.641. The number of aromatic nitrogens is 5. The summed E-state index contributed by atoms with van der Waals surface area (Å²) in [6.45, 7) is 1.92. The maximum Gasteiger partial charge on any atom is 0.223 e. The van der Waals surface area contributed by atoms with E-state index in [2.05, 4.69) is 19.9 Å². The number of hydrogen-bond acceptors (Lipinski definition) is 4. The summed E-state index contributed by atoms with van der Waals surface area (Å²) in [6, 6.07) is 1.88. The molecule has 0 spiro atoms. The van der Waals surface area contributed by atoms with Crippen LogP contribution in [0.4, 0.5) is 4.39 Å². The molecule has 0 radical (unpaired) electrons. The second-order valence-electron chi connectivity index (χ2n) is 4.19. The predicted octanol–water partition coefficient (Wildman–Crippen LogP) is 2.53. The third kappa shape index (κ3) is 1.94. The Balaban J connectivity index is 2.30. The van der Waals surface area contributed by atoms with E-state index in [0.29, 0.717) is 17.0 Å². The minimum absolute atomic E-state index is 0.0207. The first kappa shape index (κ1) is 12.0. The SMILES string of the molecule is Cc1cnc2c(c1)nc(-c1nc(Cl)ncc1F)n2C. The summed E-state index contributed by atoms with van der Waals surface area (Å²) in [5.74, 6) is -0.200. The summed E-state index contributed by atoms with van der Waals surface area (Å²) in [5.41, 5.74) is 2.40. The molecule has 0 aromatic carbocycles. The smallest absolute Gasteiger partial charge is 0.223 e. The molecular formula is C12H9ClFN5. The molecule has 0 aliphatic rings. The molecule has 5 nitrogen and oxygen atoms in total. The van der Waals surface area contributed by atoms with E-state index < -0.39 is 5.82 Å². The fraction of sp³-hybridized carbons (Fsp3) is 0.167. The summed E-state index contributed by atoms with van der Waals surface area (Å²) in [6.07, 6.45) is 2.76. The number of fused-ring (bicyclic) bond motifs is 1. The highest BCUT2D eigenvalue weighted by atomic mass is 35.5. The molecule has 0 bridgehead atoms. The zero-order chi connectivity index (χ0) is 13.6. The Morgan fingerprint density at radius 1 is 1.21 bits per heavy atom. The molecular weight excluding hydrogens is 269 g/mol. The molecule has 19 heavy (non-hydrogen) atoms. The van der Waals surface area contributed by atoms with Gasteiger partial charge in [0.25, 0.3) is 0 Å². The van der Waals surface area contributed by atoms with Crippen LogP contribution >= 0.6 is 11.6 Å². The van der Waals surface area contributed by atoms with Crippen LogP contribution in [0.15, 0.2) is 18.5 Å². The Kier molecular flexibility index (Phi) is 2.67. The molecule has 3 heterocycles. The molecule has 3 rings (SSSR count). The van der Waals surface area contributed by atoms with Crippen molar-refractivity contribution in [1.29, 1.82) is 0 Å². The van der Waals surface area contributed by atoms with Gasteiger partial charge in [0.05, 0.1) is 6.20 Å². The lowest BCUT2D eigenvalue weighted by molar-refractivity contribution is 0.615. The van der Waals surface area contributed by atoms with E-state index in [1.807, 2.05) is 13.0 Å². The predicted molar refractivity (Wildman–Crippen MR) is 69.2 cm³/mol. The maximum atomic E-state index is 13.8. The van der Waals surface area contributed by atoms with E-state index in [9.17, 15) is 4.39 Å². The lowest BCUT2D eigenvalue weighted by Gasteiger charge is -2.02. The first-order valence-electron chi connectivity index (χ1n) is 5.54. The third-order valence-electron chi connectivity index (χ3n) is 2.77. The molecule has 0 amide bonds. The van der Waals surface area contributed by atoms with Gasteiger partial charge in [-0.15, -0.1) is 0 Å². The molecule has 0 unspecified atom stereocenters. The monoisotopic (exact) mass is 277 g/mol. The van der Waals surface area contributed by atoms with Gasteiger partial charge in [0, 0.05) is 13.2 Å². The Hall–Kier alpha value is -2.08. The number of imidazole rings is 1. The van der Waals surface area contributed by atoms with Crippen LogP contribution in [0.5, 0.6) is 0 Å². The number of aryl methyl sites for hydroxylation is 2. The van der Waals surface area contributed by atoms with Crippen LogP contribution in [-0.4, -0.2) is 24.5 Å². The molecule has 96 valence electrons. The van der Waals surface area contributed by atoms with Gasteiger partial charge in [0.15, 0.2) is 17.3 Å². The van der Waals surface area contributed by atoms with Gasteiger partial charge in [-0.1, -0.05) is 0 Å². The Bertz CT molecular complexity index is 783. The molecule has 0 aliphatic carbocycles. The highest BCUT2D eigenvalue weighted by molar-refractivity contribution is 6.28. The van der Waals surface area contributed by atoms with Crippen molar-refractivity contribution in [1.82, 2.24) is 24.5 Å². The average molecular weight is 278 g/mol. The summed E-state index contributed by atoms with van der Waals surface area (Å²) in [7, 11) is 1.75. The van der Waals surface area contributed by atoms with Gasteiger partial charge in [-0.05, 0) is 30.2 Å². The molecule has 0 saturated carbocycles. The van der Waals surface area contributed by atoms with Crippen molar-refractivity contribution < 1.29 is 4.39 Å². The van der Waals surface area contributed by atoms with Crippen LogP contribution in [0.3, 0.4) is 0 Å². The Morgan fingerprint density at radius 3 is 2.79 bits per heavy atom. The molecule has 3 aromatic rings. The van der Waals surface area contributed by atoms with Crippen molar-refractivity contribution in [3.05, 3.63) is 35.1 Å². The van der Waals surface area contributed by atoms with E-state index >= 15 is 0 Å². The van der Waals surface area contributed by atoms with Crippen LogP contribution in [0.1, 0.15) is 5.56 Å². The summed E-state index contributed by atoms with van der Waals surface area (Å²) in [5, 5.41) is -0.0207. The molecule has 0 atom stereocenters. The normalized spacial score (nSPS) is 11.2. The second kappa shape index (κ2) is 4.24. The van der Waals surface area contributed by atoms with Gasteiger partial charge in [0.2, 0.25) is 5.28 Å². The number of hydrogen-bond donors (Lipinski definition) is 0. The minimum Gasteiger partial charge on any atom is -0.310 e. The topological polar surface area (TPSA) is 56.5 Å². The van der Waals surface area contributed by atoms with Crippen LogP contribution in [0, 0.1) is 12.7 Å². The molecule has 3 aromatic heterocycles. The standard InChI is InChI=1S/C12H9ClFN5/c1-6-3-8-10(15-4-6)19(2)11(17-8)9-7(14)5-16-12(13)18-9/h3-5H,1-2H3. The first-order chi connectivity index (χ1) is 9.06. The van der Waals surface area contributed by atoms with Crippen LogP contribution in [-0.2, 0) is 7.05 Å². The van der Waals surface area contributed by atoms with Crippen LogP contribution in [0.2, 0.25) is 5.28 Å². The molecule has 0 N–H and O–H groups in total. The summed E-state index contributed by atoms with van der Waals surface area (Å²) >= 11 is 5.70. The molecule has 0 fully saturated rings. The van der Waals surface area contributed by atoms with E-state index in [0.717, 1.165) is 11.8 Å². The molecule has 7 heteroatoms. The van der Waals surface area contributed by atoms with Crippen LogP contribution < -0.4 is 0 Å². The van der Waals surface area contributed by atoms with Crippen LogP contribution in [0.25, 0.3) is 22.7 Å². The van der Waals surface area contributed by atoms with Crippen molar-refractivity contribution in [3.8, 4) is 11.5 Å². The first-order valence-corrected chi connectivity index (χ1v) is 5.91. The van der Waals surface area contributed by atoms with Gasteiger partial charge < -0.3 is 4.57 Å². The highest BCUT2D eigenvalue weighted by Gasteiger charge is 2.17. The Labute approximate surface area is 113 Å². The maximum absolute atomic E-state index is 13.8. The number of halogens is 2. The lowest BCUT2D eigenvalue weighted by Crippen LogP contribution is -1.99. The van der Waals surface area contributed by atoms with Gasteiger partial charge in [-0.3, -0.25) is 0 Å². The van der Waals surface area contributed by atoms with Gasteiger partial charge in [-0.25, -0.2) is 24.3 Å².